The minimum absolute atomic E-state index is 0.475. The molecule has 0 heterocycles. The molecule has 0 atom stereocenters. The van der Waals surface area contributed by atoms with Crippen LogP contribution in [-0.4, -0.2) is 14.2 Å². The van der Waals surface area contributed by atoms with Crippen LogP contribution in [0.2, 0.25) is 0 Å². The van der Waals surface area contributed by atoms with Gasteiger partial charge in [0, 0.05) is 6.07 Å². The molecule has 0 radical (unpaired) electrons. The molecule has 0 aliphatic heterocycles. The second-order valence-corrected chi connectivity index (χ2v) is 2.61. The van der Waals surface area contributed by atoms with Crippen molar-refractivity contribution in [3.63, 3.8) is 0 Å². The van der Waals surface area contributed by atoms with E-state index in [2.05, 4.69) is 12.6 Å². The number of nitriles is 1. The molecule has 0 aliphatic rings. The number of ether oxygens (including phenoxy) is 2. The maximum atomic E-state index is 8.91. The van der Waals surface area contributed by atoms with Gasteiger partial charge in [-0.1, -0.05) is 12.7 Å². The molecule has 0 aliphatic carbocycles. The summed E-state index contributed by atoms with van der Waals surface area (Å²) in [6, 6.07) is 5.48. The Balaban J connectivity index is 3.41. The van der Waals surface area contributed by atoms with Gasteiger partial charge in [-0.25, -0.2) is 0 Å². The molecule has 0 saturated heterocycles. The SMILES string of the molecule is C=Cc1cc(OC)cc(OC)c1C#N. The third-order valence-corrected chi connectivity index (χ3v) is 1.89. The summed E-state index contributed by atoms with van der Waals surface area (Å²) in [7, 11) is 3.08. The molecule has 72 valence electrons. The van der Waals surface area contributed by atoms with Crippen molar-refractivity contribution >= 4 is 6.08 Å². The van der Waals surface area contributed by atoms with Crippen molar-refractivity contribution in [2.24, 2.45) is 0 Å². The van der Waals surface area contributed by atoms with Gasteiger partial charge in [0.1, 0.15) is 23.1 Å². The molecule has 0 fully saturated rings. The molecule has 1 rings (SSSR count). The van der Waals surface area contributed by atoms with Gasteiger partial charge in [-0.3, -0.25) is 0 Å². The molecular weight excluding hydrogens is 178 g/mol. The molecule has 0 spiro atoms. The van der Waals surface area contributed by atoms with Gasteiger partial charge in [0.2, 0.25) is 0 Å². The van der Waals surface area contributed by atoms with Crippen LogP contribution < -0.4 is 9.47 Å². The summed E-state index contributed by atoms with van der Waals surface area (Å²) in [4.78, 5) is 0. The first-order chi connectivity index (χ1) is 6.76. The van der Waals surface area contributed by atoms with E-state index in [-0.39, 0.29) is 0 Å². The summed E-state index contributed by atoms with van der Waals surface area (Å²) in [5.41, 5.74) is 1.19. The number of hydrogen-bond acceptors (Lipinski definition) is 3. The van der Waals surface area contributed by atoms with Crippen molar-refractivity contribution in [1.82, 2.24) is 0 Å². The standard InChI is InChI=1S/C11H11NO2/c1-4-8-5-9(13-2)6-11(14-3)10(8)7-12/h4-6H,1H2,2-3H3. The maximum Gasteiger partial charge on any atom is 0.140 e. The van der Waals surface area contributed by atoms with Crippen LogP contribution in [0.1, 0.15) is 11.1 Å². The third-order valence-electron chi connectivity index (χ3n) is 1.89. The van der Waals surface area contributed by atoms with Gasteiger partial charge in [0.15, 0.2) is 0 Å². The van der Waals surface area contributed by atoms with E-state index in [1.54, 1.807) is 25.3 Å². The molecule has 3 heteroatoms. The van der Waals surface area contributed by atoms with Crippen LogP contribution in [0.25, 0.3) is 6.08 Å². The van der Waals surface area contributed by atoms with E-state index >= 15 is 0 Å². The second-order valence-electron chi connectivity index (χ2n) is 2.61. The molecule has 0 saturated carbocycles. The summed E-state index contributed by atoms with van der Waals surface area (Å²) in [6.07, 6.45) is 1.60. The minimum atomic E-state index is 0.475. The quantitative estimate of drug-likeness (QED) is 0.732. The highest BCUT2D eigenvalue weighted by Crippen LogP contribution is 2.28. The first-order valence-corrected chi connectivity index (χ1v) is 4.05. The summed E-state index contributed by atoms with van der Waals surface area (Å²) in [5, 5.41) is 8.91. The van der Waals surface area contributed by atoms with E-state index in [1.807, 2.05) is 0 Å². The molecule has 14 heavy (non-hydrogen) atoms. The Kier molecular flexibility index (Phi) is 3.14. The van der Waals surface area contributed by atoms with Crippen LogP contribution in [-0.2, 0) is 0 Å². The number of rotatable bonds is 3. The fourth-order valence-corrected chi connectivity index (χ4v) is 1.17. The van der Waals surface area contributed by atoms with Crippen LogP contribution in [0.5, 0.6) is 11.5 Å². The van der Waals surface area contributed by atoms with E-state index in [0.29, 0.717) is 22.6 Å². The van der Waals surface area contributed by atoms with Crippen molar-refractivity contribution in [2.45, 2.75) is 0 Å². The Labute approximate surface area is 83.2 Å². The van der Waals surface area contributed by atoms with Gasteiger partial charge in [-0.2, -0.15) is 5.26 Å². The molecule has 0 bridgehead atoms. The number of benzene rings is 1. The van der Waals surface area contributed by atoms with Gasteiger partial charge in [-0.15, -0.1) is 0 Å². The fourth-order valence-electron chi connectivity index (χ4n) is 1.17. The lowest BCUT2D eigenvalue weighted by molar-refractivity contribution is 0.393. The minimum Gasteiger partial charge on any atom is -0.497 e. The molecule has 0 aromatic heterocycles. The predicted molar refractivity (Wildman–Crippen MR) is 54.4 cm³/mol. The lowest BCUT2D eigenvalue weighted by Crippen LogP contribution is -1.93. The lowest BCUT2D eigenvalue weighted by Gasteiger charge is -2.08. The normalized spacial score (nSPS) is 8.93. The number of nitrogens with zero attached hydrogens (tertiary/aromatic N) is 1. The molecule has 1 aromatic carbocycles. The van der Waals surface area contributed by atoms with Crippen molar-refractivity contribution in [2.75, 3.05) is 14.2 Å². The molecule has 3 nitrogen and oxygen atoms in total. The Hall–Kier alpha value is -1.95. The van der Waals surface area contributed by atoms with Crippen LogP contribution in [0.4, 0.5) is 0 Å². The Morgan fingerprint density at radius 3 is 2.50 bits per heavy atom. The first kappa shape index (κ1) is 10.1. The van der Waals surface area contributed by atoms with E-state index in [4.69, 9.17) is 14.7 Å². The largest absolute Gasteiger partial charge is 0.497 e. The van der Waals surface area contributed by atoms with Gasteiger partial charge < -0.3 is 9.47 Å². The van der Waals surface area contributed by atoms with Gasteiger partial charge in [-0.05, 0) is 11.6 Å². The molecule has 0 unspecified atom stereocenters. The Morgan fingerprint density at radius 2 is 2.07 bits per heavy atom. The van der Waals surface area contributed by atoms with Crippen molar-refractivity contribution in [3.05, 3.63) is 29.8 Å². The van der Waals surface area contributed by atoms with Crippen LogP contribution >= 0.6 is 0 Å². The highest BCUT2D eigenvalue weighted by atomic mass is 16.5. The summed E-state index contributed by atoms with van der Waals surface area (Å²) in [5.74, 6) is 1.15. The highest BCUT2D eigenvalue weighted by molar-refractivity contribution is 5.64. The zero-order valence-electron chi connectivity index (χ0n) is 8.20. The van der Waals surface area contributed by atoms with E-state index in [0.717, 1.165) is 0 Å². The van der Waals surface area contributed by atoms with Crippen molar-refractivity contribution < 1.29 is 9.47 Å². The van der Waals surface area contributed by atoms with E-state index < -0.39 is 0 Å². The number of methoxy groups -OCH3 is 2. The van der Waals surface area contributed by atoms with Crippen molar-refractivity contribution in [3.8, 4) is 17.6 Å². The zero-order valence-corrected chi connectivity index (χ0v) is 8.20. The average molecular weight is 189 g/mol. The van der Waals surface area contributed by atoms with Crippen LogP contribution in [0.15, 0.2) is 18.7 Å². The summed E-state index contributed by atoms with van der Waals surface area (Å²) >= 11 is 0. The topological polar surface area (TPSA) is 42.2 Å². The van der Waals surface area contributed by atoms with Gasteiger partial charge in [0.25, 0.3) is 0 Å². The third kappa shape index (κ3) is 1.69. The predicted octanol–water partition coefficient (Wildman–Crippen LogP) is 2.22. The van der Waals surface area contributed by atoms with Crippen molar-refractivity contribution in [1.29, 1.82) is 5.26 Å². The highest BCUT2D eigenvalue weighted by Gasteiger charge is 2.09. The number of hydrogen-bond donors (Lipinski definition) is 0. The smallest absolute Gasteiger partial charge is 0.140 e. The molecule has 0 N–H and O–H groups in total. The average Bonchev–Trinajstić information content (AvgIpc) is 2.26. The van der Waals surface area contributed by atoms with E-state index in [1.165, 1.54) is 7.11 Å². The van der Waals surface area contributed by atoms with Gasteiger partial charge in [0.05, 0.1) is 14.2 Å². The monoisotopic (exact) mass is 189 g/mol. The Morgan fingerprint density at radius 1 is 1.36 bits per heavy atom. The summed E-state index contributed by atoms with van der Waals surface area (Å²) < 4.78 is 10.1. The molecular formula is C11H11NO2. The molecule has 0 amide bonds. The van der Waals surface area contributed by atoms with Crippen LogP contribution in [0, 0.1) is 11.3 Å². The first-order valence-electron chi connectivity index (χ1n) is 4.05. The maximum absolute atomic E-state index is 8.91. The van der Waals surface area contributed by atoms with E-state index in [9.17, 15) is 0 Å². The zero-order chi connectivity index (χ0) is 10.6. The van der Waals surface area contributed by atoms with Gasteiger partial charge >= 0.3 is 0 Å². The van der Waals surface area contributed by atoms with Crippen LogP contribution in [0.3, 0.4) is 0 Å². The molecule has 1 aromatic rings. The second kappa shape index (κ2) is 4.33. The summed E-state index contributed by atoms with van der Waals surface area (Å²) in [6.45, 7) is 3.63. The lowest BCUT2D eigenvalue weighted by atomic mass is 10.1. The Bertz CT molecular complexity index is 391. The fraction of sp³-hybridized carbons (Fsp3) is 0.182.